The molecule has 0 saturated carbocycles. The zero-order chi connectivity index (χ0) is 23.8. The number of carbonyl (C=O) groups is 2. The van der Waals surface area contributed by atoms with E-state index in [2.05, 4.69) is 23.3 Å². The third kappa shape index (κ3) is 6.97. The van der Waals surface area contributed by atoms with Gasteiger partial charge < -0.3 is 27.0 Å². The average Bonchev–Trinajstić information content (AvgIpc) is 2.84. The molecule has 33 heavy (non-hydrogen) atoms. The summed E-state index contributed by atoms with van der Waals surface area (Å²) >= 11 is 4.54. The molecule has 3 atom stereocenters. The van der Waals surface area contributed by atoms with E-state index in [0.29, 0.717) is 32.4 Å². The number of piperidine rings is 1. The van der Waals surface area contributed by atoms with Crippen LogP contribution in [0.1, 0.15) is 29.2 Å². The number of carbonyl (C=O) groups excluding carboxylic acids is 2. The maximum atomic E-state index is 13.2. The minimum atomic E-state index is -0.916. The first-order valence-corrected chi connectivity index (χ1v) is 11.6. The Kier molecular flexibility index (Phi) is 8.73. The maximum Gasteiger partial charge on any atom is 0.243 e. The molecule has 2 aromatic carbocycles. The van der Waals surface area contributed by atoms with Crippen molar-refractivity contribution in [2.24, 2.45) is 11.5 Å². The summed E-state index contributed by atoms with van der Waals surface area (Å²) in [6.45, 7) is 1.22. The summed E-state index contributed by atoms with van der Waals surface area (Å²) in [6, 6.07) is 17.2. The summed E-state index contributed by atoms with van der Waals surface area (Å²) < 4.78 is 0. The Morgan fingerprint density at radius 2 is 1.61 bits per heavy atom. The zero-order valence-electron chi connectivity index (χ0n) is 18.5. The number of benzene rings is 2. The lowest BCUT2D eigenvalue weighted by atomic mass is 10.0. The van der Waals surface area contributed by atoms with E-state index in [9.17, 15) is 9.59 Å². The molecular weight excluding hydrogens is 436 g/mol. The predicted molar refractivity (Wildman–Crippen MR) is 133 cm³/mol. The highest BCUT2D eigenvalue weighted by Crippen LogP contribution is 2.22. The normalized spacial score (nSPS) is 17.0. The highest BCUT2D eigenvalue weighted by molar-refractivity contribution is 7.80. The van der Waals surface area contributed by atoms with Crippen molar-refractivity contribution in [3.63, 3.8) is 0 Å². The highest BCUT2D eigenvalue weighted by atomic mass is 32.1. The first-order valence-electron chi connectivity index (χ1n) is 11.1. The second-order valence-corrected chi connectivity index (χ2v) is 8.84. The quantitative estimate of drug-likeness (QED) is 0.196. The number of amides is 2. The first kappa shape index (κ1) is 24.6. The molecule has 0 aromatic heterocycles. The van der Waals surface area contributed by atoms with Gasteiger partial charge in [-0.3, -0.25) is 15.0 Å². The molecule has 1 unspecified atom stereocenters. The fourth-order valence-corrected chi connectivity index (χ4v) is 4.20. The number of likely N-dealkylation sites (tertiary alicyclic amines) is 1. The number of nitrogens with one attached hydrogen (secondary N) is 3. The summed E-state index contributed by atoms with van der Waals surface area (Å²) in [5.41, 5.74) is 13.5. The molecule has 0 spiro atoms. The molecule has 1 saturated heterocycles. The van der Waals surface area contributed by atoms with Crippen LogP contribution < -0.4 is 22.1 Å². The number of guanidine groups is 1. The lowest BCUT2D eigenvalue weighted by molar-refractivity contribution is -0.130. The third-order valence-corrected chi connectivity index (χ3v) is 6.50. The van der Waals surface area contributed by atoms with E-state index in [1.54, 1.807) is 4.90 Å². The van der Waals surface area contributed by atoms with Gasteiger partial charge in [-0.15, -0.1) is 0 Å². The molecule has 1 fully saturated rings. The SMILES string of the molecule is N=C(N)N1CCC(NC(=O)[C@H](Cc2ccccc2)NC(=O)[C@H](N)C(S)c2ccccc2)CC1. The van der Waals surface area contributed by atoms with Crippen LogP contribution in [0.15, 0.2) is 60.7 Å². The monoisotopic (exact) mass is 468 g/mol. The Morgan fingerprint density at radius 3 is 2.18 bits per heavy atom. The van der Waals surface area contributed by atoms with Crippen molar-refractivity contribution < 1.29 is 9.59 Å². The second-order valence-electron chi connectivity index (χ2n) is 8.29. The number of hydrogen-bond donors (Lipinski definition) is 6. The number of hydrogen-bond acceptors (Lipinski definition) is 5. The van der Waals surface area contributed by atoms with Gasteiger partial charge >= 0.3 is 0 Å². The van der Waals surface area contributed by atoms with Gasteiger partial charge in [-0.25, -0.2) is 0 Å². The predicted octanol–water partition coefficient (Wildman–Crippen LogP) is 1.19. The van der Waals surface area contributed by atoms with Gasteiger partial charge in [0.2, 0.25) is 11.8 Å². The van der Waals surface area contributed by atoms with Crippen molar-refractivity contribution in [1.82, 2.24) is 15.5 Å². The second kappa shape index (κ2) is 11.7. The fraction of sp³-hybridized carbons (Fsp3) is 0.375. The summed E-state index contributed by atoms with van der Waals surface area (Å²) in [5.74, 6) is -0.639. The molecule has 2 amide bonds. The van der Waals surface area contributed by atoms with Gasteiger partial charge in [0, 0.05) is 25.6 Å². The fourth-order valence-electron chi connectivity index (χ4n) is 3.89. The molecule has 1 heterocycles. The molecule has 7 N–H and O–H groups in total. The van der Waals surface area contributed by atoms with Crippen LogP contribution in [0.4, 0.5) is 0 Å². The van der Waals surface area contributed by atoms with Crippen LogP contribution in [0.5, 0.6) is 0 Å². The third-order valence-electron chi connectivity index (χ3n) is 5.88. The molecular formula is C24H32N6O2S. The molecule has 1 aliphatic heterocycles. The highest BCUT2D eigenvalue weighted by Gasteiger charge is 2.30. The van der Waals surface area contributed by atoms with Gasteiger partial charge in [-0.2, -0.15) is 12.6 Å². The van der Waals surface area contributed by atoms with Gasteiger partial charge in [-0.1, -0.05) is 60.7 Å². The number of rotatable bonds is 8. The molecule has 1 aliphatic rings. The number of nitrogens with two attached hydrogens (primary N) is 2. The van der Waals surface area contributed by atoms with Crippen LogP contribution in [-0.4, -0.2) is 53.9 Å². The Balaban J connectivity index is 1.66. The van der Waals surface area contributed by atoms with Crippen LogP contribution in [0, 0.1) is 5.41 Å². The van der Waals surface area contributed by atoms with E-state index in [4.69, 9.17) is 16.9 Å². The first-order chi connectivity index (χ1) is 15.8. The Hall–Kier alpha value is -3.04. The lowest BCUT2D eigenvalue weighted by Gasteiger charge is -2.33. The van der Waals surface area contributed by atoms with Crippen LogP contribution in [0.2, 0.25) is 0 Å². The van der Waals surface area contributed by atoms with Gasteiger partial charge in [0.15, 0.2) is 5.96 Å². The van der Waals surface area contributed by atoms with Crippen LogP contribution in [0.3, 0.4) is 0 Å². The smallest absolute Gasteiger partial charge is 0.243 e. The Labute approximate surface area is 200 Å². The number of nitrogens with zero attached hydrogens (tertiary/aromatic N) is 1. The van der Waals surface area contributed by atoms with E-state index in [0.717, 1.165) is 11.1 Å². The van der Waals surface area contributed by atoms with Crippen molar-refractivity contribution >= 4 is 30.4 Å². The summed E-state index contributed by atoms with van der Waals surface area (Å²) in [6.07, 6.45) is 1.72. The Morgan fingerprint density at radius 1 is 1.03 bits per heavy atom. The Bertz CT molecular complexity index is 934. The number of thiol groups is 1. The molecule has 2 aromatic rings. The summed E-state index contributed by atoms with van der Waals surface area (Å²) in [7, 11) is 0. The van der Waals surface area contributed by atoms with Gasteiger partial charge in [-0.05, 0) is 24.0 Å². The lowest BCUT2D eigenvalue weighted by Crippen LogP contribution is -2.56. The van der Waals surface area contributed by atoms with E-state index in [1.165, 1.54) is 0 Å². The molecule has 0 bridgehead atoms. The topological polar surface area (TPSA) is 137 Å². The van der Waals surface area contributed by atoms with Crippen LogP contribution in [-0.2, 0) is 16.0 Å². The summed E-state index contributed by atoms with van der Waals surface area (Å²) in [4.78, 5) is 27.9. The zero-order valence-corrected chi connectivity index (χ0v) is 19.4. The van der Waals surface area contributed by atoms with E-state index < -0.39 is 23.2 Å². The molecule has 0 radical (unpaired) electrons. The minimum absolute atomic E-state index is 0.0427. The van der Waals surface area contributed by atoms with Crippen LogP contribution >= 0.6 is 12.6 Å². The van der Waals surface area contributed by atoms with Crippen molar-refractivity contribution in [3.05, 3.63) is 71.8 Å². The standard InChI is InChI=1S/C24H32N6O2S/c25-20(21(33)17-9-5-2-6-10-17)23(32)29-19(15-16-7-3-1-4-8-16)22(31)28-18-11-13-30(14-12-18)24(26)27/h1-10,18-21,33H,11-15,25H2,(H3,26,27)(H,28,31)(H,29,32)/t19-,20+,21?/m0/s1. The maximum absolute atomic E-state index is 13.2. The summed E-state index contributed by atoms with van der Waals surface area (Å²) in [5, 5.41) is 13.0. The van der Waals surface area contributed by atoms with Crippen LogP contribution in [0.25, 0.3) is 0 Å². The molecule has 3 rings (SSSR count). The van der Waals surface area contributed by atoms with Crippen molar-refractivity contribution in [1.29, 1.82) is 5.41 Å². The van der Waals surface area contributed by atoms with Crippen molar-refractivity contribution in [2.75, 3.05) is 13.1 Å². The average molecular weight is 469 g/mol. The molecule has 0 aliphatic carbocycles. The molecule has 9 heteroatoms. The largest absolute Gasteiger partial charge is 0.370 e. The van der Waals surface area contributed by atoms with E-state index >= 15 is 0 Å². The van der Waals surface area contributed by atoms with E-state index in [-0.39, 0.29) is 17.9 Å². The molecule has 176 valence electrons. The van der Waals surface area contributed by atoms with Crippen molar-refractivity contribution in [2.45, 2.75) is 42.6 Å². The van der Waals surface area contributed by atoms with Gasteiger partial charge in [0.1, 0.15) is 12.1 Å². The van der Waals surface area contributed by atoms with Crippen molar-refractivity contribution in [3.8, 4) is 0 Å². The van der Waals surface area contributed by atoms with Gasteiger partial charge in [0.05, 0.1) is 5.25 Å². The van der Waals surface area contributed by atoms with E-state index in [1.807, 2.05) is 60.7 Å². The van der Waals surface area contributed by atoms with Gasteiger partial charge in [0.25, 0.3) is 0 Å². The minimum Gasteiger partial charge on any atom is -0.370 e. The molecule has 8 nitrogen and oxygen atoms in total.